The summed E-state index contributed by atoms with van der Waals surface area (Å²) in [5.74, 6) is 5.31. The summed E-state index contributed by atoms with van der Waals surface area (Å²) in [7, 11) is 7.53. The summed E-state index contributed by atoms with van der Waals surface area (Å²) >= 11 is 3.45. The van der Waals surface area contributed by atoms with Crippen molar-refractivity contribution in [2.75, 3.05) is 0 Å². The van der Waals surface area contributed by atoms with Gasteiger partial charge in [0.1, 0.15) is 0 Å². The van der Waals surface area contributed by atoms with Crippen molar-refractivity contribution in [3.05, 3.63) is 14.9 Å². The number of hydrogen-bond donors (Lipinski definition) is 0. The molecule has 6 heteroatoms. The molecule has 0 aromatic carbocycles. The summed E-state index contributed by atoms with van der Waals surface area (Å²) in [4.78, 5) is 0.864. The zero-order chi connectivity index (χ0) is 22.8. The Morgan fingerprint density at radius 2 is 1.48 bits per heavy atom. The summed E-state index contributed by atoms with van der Waals surface area (Å²) in [5.41, 5.74) is 2.30. The van der Waals surface area contributed by atoms with Crippen LogP contribution in [0.1, 0.15) is 84.0 Å². The van der Waals surface area contributed by atoms with E-state index in [1.165, 1.54) is 32.1 Å². The third-order valence-electron chi connectivity index (χ3n) is 11.1. The predicted molar refractivity (Wildman–Crippen MR) is 158 cm³/mol. The van der Waals surface area contributed by atoms with Crippen LogP contribution in [0.5, 0.6) is 0 Å². The van der Waals surface area contributed by atoms with E-state index in [9.17, 15) is 0 Å². The van der Waals surface area contributed by atoms with Crippen LogP contribution in [-0.4, -0.2) is 20.0 Å². The molecule has 4 saturated carbocycles. The summed E-state index contributed by atoms with van der Waals surface area (Å²) < 4.78 is 0. The van der Waals surface area contributed by atoms with Gasteiger partial charge in [-0.05, 0) is 59.9 Å². The van der Waals surface area contributed by atoms with E-state index in [1.54, 1.807) is 44.9 Å². The standard InChI is InChI=1S/C25H47BrSi2.2CH3.2ClH.Zr/c1-6-7-9-18-12-13-20(16-18)27(2,3)28(4,5)24-15-14-22-23(24)17-19-10-8-11-21(19)25(22)26;;;;;/h18-25H,6-17H2,1-5H3;2*1H3;2*1H;/q;2*-1;;;+4/p-2. The van der Waals surface area contributed by atoms with Gasteiger partial charge in [0.15, 0.2) is 0 Å². The van der Waals surface area contributed by atoms with Gasteiger partial charge in [0.05, 0.1) is 0 Å². The minimum absolute atomic E-state index is 0. The van der Waals surface area contributed by atoms with E-state index in [0.717, 1.165) is 45.5 Å². The first-order valence-corrected chi connectivity index (χ1v) is 27.7. The van der Waals surface area contributed by atoms with Crippen LogP contribution in [0.3, 0.4) is 0 Å². The molecule has 0 aliphatic heterocycles. The fraction of sp³-hybridized carbons (Fsp3) is 0.926. The molecular weight excluding hydrogens is 623 g/mol. The molecule has 0 bridgehead atoms. The first-order chi connectivity index (χ1) is 14.7. The van der Waals surface area contributed by atoms with Gasteiger partial charge in [0.25, 0.3) is 0 Å². The van der Waals surface area contributed by atoms with Crippen molar-refractivity contribution < 1.29 is 20.8 Å². The Hall–Kier alpha value is 2.38. The second-order valence-corrected chi connectivity index (χ2v) is 33.5. The molecule has 0 amide bonds. The molecule has 0 aromatic rings. The molecule has 33 heavy (non-hydrogen) atoms. The Labute approximate surface area is 237 Å². The van der Waals surface area contributed by atoms with Crippen LogP contribution in [0.2, 0.25) is 37.3 Å². The van der Waals surface area contributed by atoms with Crippen LogP contribution in [0, 0.1) is 44.4 Å². The van der Waals surface area contributed by atoms with Crippen molar-refractivity contribution in [1.29, 1.82) is 0 Å². The van der Waals surface area contributed by atoms with E-state index < -0.39 is 36.0 Å². The van der Waals surface area contributed by atoms with E-state index in [0.29, 0.717) is 0 Å². The van der Waals surface area contributed by atoms with E-state index in [1.807, 2.05) is 0 Å². The van der Waals surface area contributed by atoms with Crippen molar-refractivity contribution in [1.82, 2.24) is 0 Å². The maximum absolute atomic E-state index is 4.93. The normalized spacial score (nSPS) is 37.6. The molecule has 0 spiro atoms. The van der Waals surface area contributed by atoms with E-state index >= 15 is 0 Å². The summed E-state index contributed by atoms with van der Waals surface area (Å²) in [6.07, 6.45) is 18.5. The molecule has 0 heterocycles. The fourth-order valence-corrected chi connectivity index (χ4v) is 24.1. The Bertz CT molecular complexity index is 576. The third-order valence-corrected chi connectivity index (χ3v) is 33.2. The van der Waals surface area contributed by atoms with Crippen LogP contribution in [0.4, 0.5) is 0 Å². The molecule has 0 aromatic heterocycles. The number of hydrogen-bond acceptors (Lipinski definition) is 0. The Morgan fingerprint density at radius 3 is 2.12 bits per heavy atom. The number of rotatable bonds is 6. The first kappa shape index (κ1) is 33.4. The van der Waals surface area contributed by atoms with Gasteiger partial charge >= 0.3 is 37.9 Å². The zero-order valence-corrected chi connectivity index (χ0v) is 30.3. The summed E-state index contributed by atoms with van der Waals surface area (Å²) in [6, 6.07) is 0. The van der Waals surface area contributed by atoms with Crippen molar-refractivity contribution >= 4 is 48.1 Å². The van der Waals surface area contributed by atoms with Crippen LogP contribution in [0.25, 0.3) is 0 Å². The number of unbranched alkanes of at least 4 members (excludes halogenated alkanes) is 1. The Kier molecular flexibility index (Phi) is 14.7. The molecule has 194 valence electrons. The molecule has 8 atom stereocenters. The van der Waals surface area contributed by atoms with Gasteiger partial charge in [0.2, 0.25) is 0 Å². The van der Waals surface area contributed by atoms with Crippen LogP contribution < -0.4 is 0 Å². The summed E-state index contributed by atoms with van der Waals surface area (Å²) in [5, 5.41) is 0. The van der Waals surface area contributed by atoms with Crippen molar-refractivity contribution in [2.45, 2.75) is 126 Å². The SMILES string of the molecule is CCCCC1CCC([Si](C)(C)[Si](C)(C)C2CCC3C(Br)C4CCCC4CC32)C1.[CH3-].[CH3-].[Cl][Zr+2][Cl]. The van der Waals surface area contributed by atoms with Crippen LogP contribution >= 0.6 is 33.0 Å². The molecule has 0 nitrogen and oxygen atoms in total. The molecule has 4 aliphatic carbocycles. The van der Waals surface area contributed by atoms with E-state index in [-0.39, 0.29) is 14.9 Å². The topological polar surface area (TPSA) is 0 Å². The first-order valence-electron chi connectivity index (χ1n) is 13.3. The monoisotopic (exact) mass is 672 g/mol. The van der Waals surface area contributed by atoms with Crippen molar-refractivity contribution in [3.8, 4) is 0 Å². The second-order valence-electron chi connectivity index (χ2n) is 12.6. The second kappa shape index (κ2) is 14.5. The number of halogens is 3. The van der Waals surface area contributed by atoms with Gasteiger partial charge < -0.3 is 14.9 Å². The van der Waals surface area contributed by atoms with Gasteiger partial charge in [-0.15, -0.1) is 0 Å². The van der Waals surface area contributed by atoms with Gasteiger partial charge in [-0.3, -0.25) is 0 Å². The van der Waals surface area contributed by atoms with Gasteiger partial charge in [0, 0.05) is 20.0 Å². The molecule has 0 saturated heterocycles. The summed E-state index contributed by atoms with van der Waals surface area (Å²) in [6.45, 7) is 13.9. The van der Waals surface area contributed by atoms with Crippen LogP contribution in [-0.2, 0) is 20.8 Å². The van der Waals surface area contributed by atoms with Gasteiger partial charge in [-0.2, -0.15) is 0 Å². The van der Waals surface area contributed by atoms with Crippen molar-refractivity contribution in [3.63, 3.8) is 0 Å². The molecule has 0 N–H and O–H groups in total. The Balaban J connectivity index is 0.00000103. The maximum atomic E-state index is 4.93. The molecule has 8 unspecified atom stereocenters. The van der Waals surface area contributed by atoms with E-state index in [2.05, 4.69) is 49.0 Å². The molecule has 4 aliphatic rings. The number of fused-ring (bicyclic) bond motifs is 2. The molecule has 4 rings (SSSR count). The minimum atomic E-state index is -1.19. The van der Waals surface area contributed by atoms with Crippen LogP contribution in [0.15, 0.2) is 0 Å². The van der Waals surface area contributed by atoms with Gasteiger partial charge in [-0.25, -0.2) is 0 Å². The average Bonchev–Trinajstić information content (AvgIpc) is 3.46. The number of alkyl halides is 1. The van der Waals surface area contributed by atoms with Crippen molar-refractivity contribution in [2.24, 2.45) is 29.6 Å². The van der Waals surface area contributed by atoms with E-state index in [4.69, 9.17) is 17.0 Å². The Morgan fingerprint density at radius 1 is 0.818 bits per heavy atom. The molecule has 0 radical (unpaired) electrons. The molecular formula is C27H53BrCl2Si2Zr. The predicted octanol–water partition coefficient (Wildman–Crippen LogP) is 11.1. The fourth-order valence-electron chi connectivity index (χ4n) is 8.66. The van der Waals surface area contributed by atoms with Gasteiger partial charge in [-0.1, -0.05) is 107 Å². The quantitative estimate of drug-likeness (QED) is 0.149. The zero-order valence-electron chi connectivity index (χ0n) is 22.7. The average molecular weight is 676 g/mol. The third kappa shape index (κ3) is 7.07. The molecule has 4 fully saturated rings.